The van der Waals surface area contributed by atoms with Crippen molar-refractivity contribution in [3.8, 4) is 22.4 Å². The number of nitrogens with one attached hydrogen (secondary N) is 2. The van der Waals surface area contributed by atoms with Gasteiger partial charge in [-0.2, -0.15) is 0 Å². The third-order valence-corrected chi connectivity index (χ3v) is 4.71. The molecule has 1 aromatic heterocycles. The molecule has 1 aliphatic rings. The molecule has 0 saturated heterocycles. The minimum atomic E-state index is -0.358. The number of amides is 1. The standard InChI is InChI=1S/C22H20N2O2/c25-21(23-14-15-6-7-15)19-12-13-20(24-22(19)26)18-10-8-17(9-11-18)16-4-2-1-3-5-16/h1-5,8-13,15H,6-7,14H2,(H,23,25)(H,24,26). The molecule has 0 aliphatic heterocycles. The second-order valence-corrected chi connectivity index (χ2v) is 6.71. The largest absolute Gasteiger partial charge is 0.352 e. The molecule has 2 aromatic carbocycles. The second kappa shape index (κ2) is 7.00. The van der Waals surface area contributed by atoms with E-state index >= 15 is 0 Å². The Labute approximate surface area is 151 Å². The van der Waals surface area contributed by atoms with Gasteiger partial charge in [0.15, 0.2) is 0 Å². The van der Waals surface area contributed by atoms with Gasteiger partial charge in [-0.05, 0) is 47.6 Å². The highest BCUT2D eigenvalue weighted by molar-refractivity contribution is 5.94. The fraction of sp³-hybridized carbons (Fsp3) is 0.182. The van der Waals surface area contributed by atoms with Crippen LogP contribution in [0.5, 0.6) is 0 Å². The number of H-pyrrole nitrogens is 1. The van der Waals surface area contributed by atoms with Crippen molar-refractivity contribution in [2.45, 2.75) is 12.8 Å². The van der Waals surface area contributed by atoms with Crippen LogP contribution in [-0.2, 0) is 0 Å². The van der Waals surface area contributed by atoms with Gasteiger partial charge in [-0.1, -0.05) is 54.6 Å². The van der Waals surface area contributed by atoms with E-state index in [-0.39, 0.29) is 17.0 Å². The number of aromatic nitrogens is 1. The molecule has 4 heteroatoms. The highest BCUT2D eigenvalue weighted by Crippen LogP contribution is 2.27. The van der Waals surface area contributed by atoms with E-state index in [4.69, 9.17) is 0 Å². The lowest BCUT2D eigenvalue weighted by Crippen LogP contribution is -2.31. The van der Waals surface area contributed by atoms with Crippen LogP contribution in [0, 0.1) is 5.92 Å². The summed E-state index contributed by atoms with van der Waals surface area (Å²) in [5.41, 5.74) is 3.68. The maximum Gasteiger partial charge on any atom is 0.261 e. The van der Waals surface area contributed by atoms with E-state index in [0.717, 1.165) is 29.5 Å². The molecule has 0 atom stereocenters. The molecule has 1 heterocycles. The zero-order valence-corrected chi connectivity index (χ0v) is 14.4. The van der Waals surface area contributed by atoms with Gasteiger partial charge in [0.1, 0.15) is 5.56 Å². The van der Waals surface area contributed by atoms with E-state index in [1.54, 1.807) is 12.1 Å². The first kappa shape index (κ1) is 16.3. The number of rotatable bonds is 5. The third kappa shape index (κ3) is 3.59. The van der Waals surface area contributed by atoms with Gasteiger partial charge in [0, 0.05) is 12.2 Å². The Kier molecular flexibility index (Phi) is 4.40. The monoisotopic (exact) mass is 344 g/mol. The first-order chi connectivity index (χ1) is 12.7. The van der Waals surface area contributed by atoms with Crippen LogP contribution in [0.1, 0.15) is 23.2 Å². The molecule has 0 radical (unpaired) electrons. The second-order valence-electron chi connectivity index (χ2n) is 6.71. The zero-order chi connectivity index (χ0) is 17.9. The zero-order valence-electron chi connectivity index (χ0n) is 14.4. The Hall–Kier alpha value is -3.14. The lowest BCUT2D eigenvalue weighted by Gasteiger charge is -2.07. The molecule has 2 N–H and O–H groups in total. The maximum atomic E-state index is 12.3. The molecule has 3 aromatic rings. The number of benzene rings is 2. The first-order valence-electron chi connectivity index (χ1n) is 8.88. The quantitative estimate of drug-likeness (QED) is 0.738. The molecule has 1 aliphatic carbocycles. The predicted octanol–water partition coefficient (Wildman–Crippen LogP) is 3.85. The fourth-order valence-electron chi connectivity index (χ4n) is 2.95. The number of hydrogen-bond donors (Lipinski definition) is 2. The van der Waals surface area contributed by atoms with Gasteiger partial charge < -0.3 is 10.3 Å². The van der Waals surface area contributed by atoms with Crippen molar-refractivity contribution in [1.29, 1.82) is 0 Å². The van der Waals surface area contributed by atoms with Crippen LogP contribution in [0.3, 0.4) is 0 Å². The number of carbonyl (C=O) groups is 1. The minimum Gasteiger partial charge on any atom is -0.352 e. The Morgan fingerprint density at radius 3 is 2.19 bits per heavy atom. The number of carbonyl (C=O) groups excluding carboxylic acids is 1. The highest BCUT2D eigenvalue weighted by atomic mass is 16.2. The van der Waals surface area contributed by atoms with Crippen molar-refractivity contribution in [1.82, 2.24) is 10.3 Å². The van der Waals surface area contributed by atoms with Crippen molar-refractivity contribution >= 4 is 5.91 Å². The highest BCUT2D eigenvalue weighted by Gasteiger charge is 2.22. The van der Waals surface area contributed by atoms with Crippen LogP contribution in [0.15, 0.2) is 71.5 Å². The van der Waals surface area contributed by atoms with Crippen molar-refractivity contribution in [2.75, 3.05) is 6.54 Å². The molecule has 0 bridgehead atoms. The van der Waals surface area contributed by atoms with Crippen molar-refractivity contribution in [3.63, 3.8) is 0 Å². The molecule has 130 valence electrons. The summed E-state index contributed by atoms with van der Waals surface area (Å²) in [6, 6.07) is 21.5. The predicted molar refractivity (Wildman–Crippen MR) is 103 cm³/mol. The number of pyridine rings is 1. The molecule has 1 saturated carbocycles. The average Bonchev–Trinajstić information content (AvgIpc) is 3.51. The van der Waals surface area contributed by atoms with Crippen molar-refractivity contribution in [2.24, 2.45) is 5.92 Å². The third-order valence-electron chi connectivity index (χ3n) is 4.71. The van der Waals surface area contributed by atoms with Gasteiger partial charge in [-0.15, -0.1) is 0 Å². The van der Waals surface area contributed by atoms with E-state index in [9.17, 15) is 9.59 Å². The molecule has 4 nitrogen and oxygen atoms in total. The lowest BCUT2D eigenvalue weighted by atomic mass is 10.0. The van der Waals surface area contributed by atoms with Crippen LogP contribution >= 0.6 is 0 Å². The van der Waals surface area contributed by atoms with E-state index in [2.05, 4.69) is 22.4 Å². The van der Waals surface area contributed by atoms with Crippen LogP contribution in [0.4, 0.5) is 0 Å². The summed E-state index contributed by atoms with van der Waals surface area (Å²) < 4.78 is 0. The molecule has 26 heavy (non-hydrogen) atoms. The van der Waals surface area contributed by atoms with Crippen molar-refractivity contribution in [3.05, 3.63) is 82.6 Å². The topological polar surface area (TPSA) is 62.0 Å². The van der Waals surface area contributed by atoms with Gasteiger partial charge in [0.05, 0.1) is 0 Å². The summed E-state index contributed by atoms with van der Waals surface area (Å²) >= 11 is 0. The Morgan fingerprint density at radius 1 is 0.885 bits per heavy atom. The molecule has 1 fully saturated rings. The summed E-state index contributed by atoms with van der Waals surface area (Å²) in [6.07, 6.45) is 2.32. The van der Waals surface area contributed by atoms with Crippen LogP contribution in [0.25, 0.3) is 22.4 Å². The Balaban J connectivity index is 1.53. The van der Waals surface area contributed by atoms with E-state index in [1.165, 1.54) is 0 Å². The molecule has 1 amide bonds. The smallest absolute Gasteiger partial charge is 0.261 e. The number of hydrogen-bond acceptors (Lipinski definition) is 2. The summed E-state index contributed by atoms with van der Waals surface area (Å²) in [7, 11) is 0. The molecular weight excluding hydrogens is 324 g/mol. The van der Waals surface area contributed by atoms with E-state index in [0.29, 0.717) is 18.2 Å². The SMILES string of the molecule is O=C(NCC1CC1)c1ccc(-c2ccc(-c3ccccc3)cc2)[nH]c1=O. The summed E-state index contributed by atoms with van der Waals surface area (Å²) in [4.78, 5) is 27.2. The van der Waals surface area contributed by atoms with E-state index < -0.39 is 0 Å². The fourth-order valence-corrected chi connectivity index (χ4v) is 2.95. The molecule has 4 rings (SSSR count). The minimum absolute atomic E-state index is 0.162. The van der Waals surface area contributed by atoms with Crippen LogP contribution in [0.2, 0.25) is 0 Å². The number of aromatic amines is 1. The average molecular weight is 344 g/mol. The lowest BCUT2D eigenvalue weighted by molar-refractivity contribution is 0.0950. The van der Waals surface area contributed by atoms with Gasteiger partial charge in [-0.25, -0.2) is 0 Å². The normalized spacial score (nSPS) is 13.4. The van der Waals surface area contributed by atoms with Gasteiger partial charge in [0.2, 0.25) is 0 Å². The summed E-state index contributed by atoms with van der Waals surface area (Å²) in [6.45, 7) is 0.654. The van der Waals surface area contributed by atoms with Crippen molar-refractivity contribution < 1.29 is 4.79 Å². The van der Waals surface area contributed by atoms with Gasteiger partial charge in [-0.3, -0.25) is 9.59 Å². The Bertz CT molecular complexity index is 971. The summed E-state index contributed by atoms with van der Waals surface area (Å²) in [5, 5.41) is 2.83. The van der Waals surface area contributed by atoms with Gasteiger partial charge in [0.25, 0.3) is 11.5 Å². The molecular formula is C22H20N2O2. The van der Waals surface area contributed by atoms with Crippen LogP contribution < -0.4 is 10.9 Å². The first-order valence-corrected chi connectivity index (χ1v) is 8.88. The summed E-state index contributed by atoms with van der Waals surface area (Å²) in [5.74, 6) is 0.282. The molecule has 0 unspecified atom stereocenters. The molecule has 0 spiro atoms. The van der Waals surface area contributed by atoms with E-state index in [1.807, 2.05) is 42.5 Å². The van der Waals surface area contributed by atoms with Crippen LogP contribution in [-0.4, -0.2) is 17.4 Å². The Morgan fingerprint density at radius 2 is 1.54 bits per heavy atom. The van der Waals surface area contributed by atoms with Gasteiger partial charge >= 0.3 is 0 Å². The maximum absolute atomic E-state index is 12.3.